The fourth-order valence-electron chi connectivity index (χ4n) is 2.12. The van der Waals surface area contributed by atoms with E-state index >= 15 is 0 Å². The average Bonchev–Trinajstić information content (AvgIpc) is 2.38. The topological polar surface area (TPSA) is 26.0 Å². The van der Waals surface area contributed by atoms with Gasteiger partial charge in [-0.15, -0.1) is 0 Å². The van der Waals surface area contributed by atoms with Crippen LogP contribution in [0.4, 0.5) is 0 Å². The summed E-state index contributed by atoms with van der Waals surface area (Å²) in [5.74, 6) is 1.12. The summed E-state index contributed by atoms with van der Waals surface area (Å²) in [7, 11) is 0. The first kappa shape index (κ1) is 15.8. The van der Waals surface area contributed by atoms with E-state index < -0.39 is 0 Å². The van der Waals surface area contributed by atoms with Crippen LogP contribution in [-0.4, -0.2) is 27.5 Å². The van der Waals surface area contributed by atoms with Crippen molar-refractivity contribution in [3.05, 3.63) is 33.8 Å². The Hall–Kier alpha value is 0.460. The molecule has 4 atom stereocenters. The second kappa shape index (κ2) is 6.95. The van der Waals surface area contributed by atoms with E-state index in [2.05, 4.69) is 13.8 Å². The van der Waals surface area contributed by atoms with Gasteiger partial charge in [-0.05, 0) is 18.1 Å². The van der Waals surface area contributed by atoms with E-state index in [0.29, 0.717) is 25.8 Å². The maximum Gasteiger partial charge on any atom is 0.0624 e. The van der Waals surface area contributed by atoms with Crippen molar-refractivity contribution in [2.75, 3.05) is 5.75 Å². The third-order valence-electron chi connectivity index (χ3n) is 3.54. The standard InChI is InChI=1S/C14H19Cl2NS2/c1-8-9(2)19-13(7-18-8)12(17)6-10-4-3-5-11(15)14(10)16/h3-5,8-9,12-13H,6-7,17H2,1-2H3. The fourth-order valence-corrected chi connectivity index (χ4v) is 5.58. The molecule has 1 fully saturated rings. The number of hydrogen-bond acceptors (Lipinski definition) is 3. The van der Waals surface area contributed by atoms with Crippen LogP contribution in [0.2, 0.25) is 10.0 Å². The SMILES string of the molecule is CC1SCC(C(N)Cc2cccc(Cl)c2Cl)SC1C. The van der Waals surface area contributed by atoms with Crippen LogP contribution in [0.1, 0.15) is 19.4 Å². The van der Waals surface area contributed by atoms with Crippen LogP contribution in [0.5, 0.6) is 0 Å². The Morgan fingerprint density at radius 1 is 1.32 bits per heavy atom. The Labute approximate surface area is 134 Å². The zero-order valence-electron chi connectivity index (χ0n) is 11.1. The molecule has 0 aromatic heterocycles. The van der Waals surface area contributed by atoms with Crippen molar-refractivity contribution >= 4 is 46.7 Å². The van der Waals surface area contributed by atoms with Crippen LogP contribution in [0.15, 0.2) is 18.2 Å². The molecule has 1 aromatic carbocycles. The van der Waals surface area contributed by atoms with Crippen LogP contribution < -0.4 is 5.73 Å². The molecule has 2 N–H and O–H groups in total. The average molecular weight is 336 g/mol. The van der Waals surface area contributed by atoms with Crippen molar-refractivity contribution in [2.45, 2.75) is 42.1 Å². The molecule has 4 unspecified atom stereocenters. The first-order valence-corrected chi connectivity index (χ1v) is 9.19. The lowest BCUT2D eigenvalue weighted by Gasteiger charge is -2.34. The Balaban J connectivity index is 2.01. The molecule has 0 bridgehead atoms. The molecule has 0 amide bonds. The van der Waals surface area contributed by atoms with Gasteiger partial charge in [0.25, 0.3) is 0 Å². The highest BCUT2D eigenvalue weighted by molar-refractivity contribution is 8.07. The minimum atomic E-state index is 0.128. The highest BCUT2D eigenvalue weighted by Gasteiger charge is 2.29. The van der Waals surface area contributed by atoms with Gasteiger partial charge in [0.1, 0.15) is 0 Å². The van der Waals surface area contributed by atoms with Crippen LogP contribution >= 0.6 is 46.7 Å². The third kappa shape index (κ3) is 3.98. The minimum Gasteiger partial charge on any atom is -0.326 e. The predicted octanol–water partition coefficient (Wildman–Crippen LogP) is 4.49. The lowest BCUT2D eigenvalue weighted by atomic mass is 10.0. The van der Waals surface area contributed by atoms with Crippen LogP contribution in [-0.2, 0) is 6.42 Å². The lowest BCUT2D eigenvalue weighted by Crippen LogP contribution is -2.41. The van der Waals surface area contributed by atoms with E-state index in [-0.39, 0.29) is 6.04 Å². The minimum absolute atomic E-state index is 0.128. The summed E-state index contributed by atoms with van der Waals surface area (Å²) in [5, 5.41) is 3.12. The Bertz CT molecular complexity index is 441. The number of hydrogen-bond donors (Lipinski definition) is 1. The van der Waals surface area contributed by atoms with Gasteiger partial charge in [0.15, 0.2) is 0 Å². The van der Waals surface area contributed by atoms with E-state index in [0.717, 1.165) is 17.7 Å². The molecule has 1 saturated heterocycles. The molecule has 0 spiro atoms. The maximum atomic E-state index is 6.37. The van der Waals surface area contributed by atoms with Gasteiger partial charge < -0.3 is 5.73 Å². The Kier molecular flexibility index (Phi) is 5.79. The number of halogens is 2. The summed E-state index contributed by atoms with van der Waals surface area (Å²) >= 11 is 16.3. The summed E-state index contributed by atoms with van der Waals surface area (Å²) in [4.78, 5) is 0. The number of thioether (sulfide) groups is 2. The quantitative estimate of drug-likeness (QED) is 0.881. The van der Waals surface area contributed by atoms with Gasteiger partial charge in [0, 0.05) is 27.5 Å². The van der Waals surface area contributed by atoms with Gasteiger partial charge in [0.05, 0.1) is 10.0 Å². The highest BCUT2D eigenvalue weighted by atomic mass is 35.5. The smallest absolute Gasteiger partial charge is 0.0624 e. The molecule has 1 heterocycles. The Morgan fingerprint density at radius 3 is 2.74 bits per heavy atom. The maximum absolute atomic E-state index is 6.37. The molecule has 106 valence electrons. The molecule has 1 aliphatic heterocycles. The van der Waals surface area contributed by atoms with Crippen LogP contribution in [0.25, 0.3) is 0 Å². The van der Waals surface area contributed by atoms with Crippen molar-refractivity contribution < 1.29 is 0 Å². The second-order valence-corrected chi connectivity index (χ2v) is 8.82. The number of benzene rings is 1. The van der Waals surface area contributed by atoms with E-state index in [4.69, 9.17) is 28.9 Å². The van der Waals surface area contributed by atoms with Gasteiger partial charge in [-0.3, -0.25) is 0 Å². The van der Waals surface area contributed by atoms with Gasteiger partial charge in [-0.25, -0.2) is 0 Å². The molecule has 2 rings (SSSR count). The molecule has 5 heteroatoms. The zero-order valence-corrected chi connectivity index (χ0v) is 14.3. The van der Waals surface area contributed by atoms with Crippen molar-refractivity contribution in [3.8, 4) is 0 Å². The monoisotopic (exact) mass is 335 g/mol. The van der Waals surface area contributed by atoms with Gasteiger partial charge in [-0.1, -0.05) is 49.2 Å². The van der Waals surface area contributed by atoms with Crippen molar-refractivity contribution in [2.24, 2.45) is 5.73 Å². The van der Waals surface area contributed by atoms with Gasteiger partial charge in [-0.2, -0.15) is 23.5 Å². The molecule has 1 aromatic rings. The van der Waals surface area contributed by atoms with Crippen molar-refractivity contribution in [3.63, 3.8) is 0 Å². The summed E-state index contributed by atoms with van der Waals surface area (Å²) < 4.78 is 0. The molecule has 1 aliphatic rings. The van der Waals surface area contributed by atoms with Crippen molar-refractivity contribution in [1.82, 2.24) is 0 Å². The lowest BCUT2D eigenvalue weighted by molar-refractivity contribution is 0.657. The fraction of sp³-hybridized carbons (Fsp3) is 0.571. The first-order valence-electron chi connectivity index (χ1n) is 6.44. The second-order valence-electron chi connectivity index (χ2n) is 5.00. The summed E-state index contributed by atoms with van der Waals surface area (Å²) in [5.41, 5.74) is 7.43. The molecular formula is C14H19Cl2NS2. The van der Waals surface area contributed by atoms with Gasteiger partial charge >= 0.3 is 0 Å². The normalized spacial score (nSPS) is 29.2. The number of rotatable bonds is 3. The Morgan fingerprint density at radius 2 is 2.05 bits per heavy atom. The highest BCUT2D eigenvalue weighted by Crippen LogP contribution is 2.37. The summed E-state index contributed by atoms with van der Waals surface area (Å²) in [6.45, 7) is 4.57. The molecule has 1 nitrogen and oxygen atoms in total. The van der Waals surface area contributed by atoms with Crippen molar-refractivity contribution in [1.29, 1.82) is 0 Å². The molecule has 0 aliphatic carbocycles. The zero-order chi connectivity index (χ0) is 14.0. The predicted molar refractivity (Wildman–Crippen MR) is 90.9 cm³/mol. The number of nitrogens with two attached hydrogens (primary N) is 1. The van der Waals surface area contributed by atoms with Gasteiger partial charge in [0.2, 0.25) is 0 Å². The molecule has 0 radical (unpaired) electrons. The van der Waals surface area contributed by atoms with Crippen LogP contribution in [0.3, 0.4) is 0 Å². The first-order chi connectivity index (χ1) is 8.99. The van der Waals surface area contributed by atoms with E-state index in [1.54, 1.807) is 0 Å². The summed E-state index contributed by atoms with van der Waals surface area (Å²) in [6, 6.07) is 5.89. The van der Waals surface area contributed by atoms with E-state index in [1.165, 1.54) is 0 Å². The third-order valence-corrected chi connectivity index (χ3v) is 7.97. The molecule has 19 heavy (non-hydrogen) atoms. The molecule has 0 saturated carbocycles. The largest absolute Gasteiger partial charge is 0.326 e. The molecular weight excluding hydrogens is 317 g/mol. The summed E-state index contributed by atoms with van der Waals surface area (Å²) in [6.07, 6.45) is 0.790. The van der Waals surface area contributed by atoms with E-state index in [1.807, 2.05) is 41.7 Å². The van der Waals surface area contributed by atoms with E-state index in [9.17, 15) is 0 Å². The van der Waals surface area contributed by atoms with Crippen LogP contribution in [0, 0.1) is 0 Å².